The summed E-state index contributed by atoms with van der Waals surface area (Å²) in [6, 6.07) is 0. The van der Waals surface area contributed by atoms with Crippen LogP contribution in [0.2, 0.25) is 0 Å². The second kappa shape index (κ2) is 15.8. The molecule has 0 spiro atoms. The highest BCUT2D eigenvalue weighted by Gasteiger charge is 1.68. The van der Waals surface area contributed by atoms with Crippen LogP contribution in [0.25, 0.3) is 0 Å². The minimum absolute atomic E-state index is 1.09. The first-order chi connectivity index (χ1) is 4.83. The van der Waals surface area contributed by atoms with Gasteiger partial charge in [0.15, 0.2) is 0 Å². The number of rotatable bonds is 3. The maximum absolute atomic E-state index is 3.10. The standard InChI is InChI=1S/C6H13N.C3H8/c1-3-5-7-6-4-2;1-3-2/h3,5,7H,4,6H2,1-2H3;3H2,1-2H3/b5-3-;. The summed E-state index contributed by atoms with van der Waals surface area (Å²) in [4.78, 5) is 0. The first-order valence-corrected chi connectivity index (χ1v) is 4.17. The third kappa shape index (κ3) is 25.7. The third-order valence-corrected chi connectivity index (χ3v) is 0.679. The van der Waals surface area contributed by atoms with Crippen molar-refractivity contribution in [2.45, 2.75) is 40.5 Å². The maximum Gasteiger partial charge on any atom is 0.0138 e. The summed E-state index contributed by atoms with van der Waals surface area (Å²) in [7, 11) is 0. The zero-order valence-electron chi connectivity index (χ0n) is 7.78. The van der Waals surface area contributed by atoms with Gasteiger partial charge in [0.25, 0.3) is 0 Å². The molecule has 0 fully saturated rings. The lowest BCUT2D eigenvalue weighted by Crippen LogP contribution is -2.03. The Morgan fingerprint density at radius 2 is 1.70 bits per heavy atom. The van der Waals surface area contributed by atoms with Crippen molar-refractivity contribution in [3.63, 3.8) is 0 Å². The second-order valence-electron chi connectivity index (χ2n) is 2.16. The van der Waals surface area contributed by atoms with Crippen molar-refractivity contribution in [2.24, 2.45) is 0 Å². The Balaban J connectivity index is 0. The average molecular weight is 143 g/mol. The van der Waals surface area contributed by atoms with Gasteiger partial charge in [0.05, 0.1) is 0 Å². The molecule has 0 aromatic rings. The minimum atomic E-state index is 1.09. The predicted octanol–water partition coefficient (Wildman–Crippen LogP) is 2.94. The Kier molecular flexibility index (Phi) is 19.4. The van der Waals surface area contributed by atoms with E-state index in [0.29, 0.717) is 0 Å². The van der Waals surface area contributed by atoms with Gasteiger partial charge in [-0.1, -0.05) is 33.3 Å². The molecule has 10 heavy (non-hydrogen) atoms. The van der Waals surface area contributed by atoms with E-state index in [0.717, 1.165) is 6.54 Å². The van der Waals surface area contributed by atoms with Gasteiger partial charge in [-0.3, -0.25) is 0 Å². The molecule has 0 amide bonds. The minimum Gasteiger partial charge on any atom is -0.391 e. The molecule has 0 radical (unpaired) electrons. The van der Waals surface area contributed by atoms with Crippen molar-refractivity contribution in [1.29, 1.82) is 0 Å². The highest BCUT2D eigenvalue weighted by atomic mass is 14.8. The maximum atomic E-state index is 3.10. The molecule has 0 aliphatic heterocycles. The van der Waals surface area contributed by atoms with E-state index in [-0.39, 0.29) is 0 Å². The van der Waals surface area contributed by atoms with Gasteiger partial charge in [0.2, 0.25) is 0 Å². The van der Waals surface area contributed by atoms with Crippen LogP contribution in [0.1, 0.15) is 40.5 Å². The van der Waals surface area contributed by atoms with E-state index in [1.165, 1.54) is 12.8 Å². The molecule has 1 heteroatoms. The van der Waals surface area contributed by atoms with Gasteiger partial charge < -0.3 is 5.32 Å². The Bertz CT molecular complexity index is 57.7. The Morgan fingerprint density at radius 3 is 2.00 bits per heavy atom. The largest absolute Gasteiger partial charge is 0.391 e. The molecule has 0 heterocycles. The van der Waals surface area contributed by atoms with Gasteiger partial charge in [-0.15, -0.1) is 0 Å². The van der Waals surface area contributed by atoms with Crippen LogP contribution in [0, 0.1) is 0 Å². The van der Waals surface area contributed by atoms with Gasteiger partial charge >= 0.3 is 0 Å². The lowest BCUT2D eigenvalue weighted by molar-refractivity contribution is 0.808. The SMILES string of the molecule is C/C=C\NCCC.CCC. The van der Waals surface area contributed by atoms with Crippen molar-refractivity contribution in [2.75, 3.05) is 6.54 Å². The molecule has 62 valence electrons. The van der Waals surface area contributed by atoms with Crippen molar-refractivity contribution < 1.29 is 0 Å². The molecule has 0 saturated heterocycles. The van der Waals surface area contributed by atoms with Crippen LogP contribution in [-0.4, -0.2) is 6.54 Å². The lowest BCUT2D eigenvalue weighted by atomic mass is 10.5. The molecule has 0 atom stereocenters. The van der Waals surface area contributed by atoms with E-state index in [9.17, 15) is 0 Å². The first-order valence-electron chi connectivity index (χ1n) is 4.17. The molecule has 0 bridgehead atoms. The highest BCUT2D eigenvalue weighted by Crippen LogP contribution is 1.68. The van der Waals surface area contributed by atoms with E-state index in [2.05, 4.69) is 26.1 Å². The number of nitrogens with one attached hydrogen (secondary N) is 1. The van der Waals surface area contributed by atoms with Crippen molar-refractivity contribution >= 4 is 0 Å². The van der Waals surface area contributed by atoms with Crippen LogP contribution < -0.4 is 5.32 Å². The van der Waals surface area contributed by atoms with Crippen LogP contribution in [0.3, 0.4) is 0 Å². The van der Waals surface area contributed by atoms with Gasteiger partial charge in [-0.2, -0.15) is 0 Å². The Labute approximate surface area is 65.5 Å². The molecule has 0 aliphatic rings. The fraction of sp³-hybridized carbons (Fsp3) is 0.778. The quantitative estimate of drug-likeness (QED) is 0.599. The Hall–Kier alpha value is -0.460. The van der Waals surface area contributed by atoms with Crippen LogP contribution in [-0.2, 0) is 0 Å². The molecule has 0 rings (SSSR count). The molecule has 0 unspecified atom stereocenters. The molecule has 0 aromatic heterocycles. The number of hydrogen-bond donors (Lipinski definition) is 1. The average Bonchev–Trinajstić information content (AvgIpc) is 1.91. The van der Waals surface area contributed by atoms with E-state index in [4.69, 9.17) is 0 Å². The van der Waals surface area contributed by atoms with Gasteiger partial charge in [-0.05, 0) is 19.5 Å². The van der Waals surface area contributed by atoms with Crippen LogP contribution in [0.15, 0.2) is 12.3 Å². The summed E-state index contributed by atoms with van der Waals surface area (Å²) in [6.07, 6.45) is 6.41. The highest BCUT2D eigenvalue weighted by molar-refractivity contribution is 4.72. The zero-order chi connectivity index (χ0) is 8.24. The summed E-state index contributed by atoms with van der Waals surface area (Å²) in [6.45, 7) is 9.49. The van der Waals surface area contributed by atoms with Crippen molar-refractivity contribution in [3.05, 3.63) is 12.3 Å². The molecule has 1 N–H and O–H groups in total. The molecule has 0 aliphatic carbocycles. The number of hydrogen-bond acceptors (Lipinski definition) is 1. The van der Waals surface area contributed by atoms with E-state index in [1.54, 1.807) is 0 Å². The smallest absolute Gasteiger partial charge is 0.0138 e. The Morgan fingerprint density at radius 1 is 1.20 bits per heavy atom. The summed E-state index contributed by atoms with van der Waals surface area (Å²) in [5.41, 5.74) is 0. The summed E-state index contributed by atoms with van der Waals surface area (Å²) in [5.74, 6) is 0. The van der Waals surface area contributed by atoms with E-state index in [1.807, 2.05) is 19.2 Å². The van der Waals surface area contributed by atoms with Crippen LogP contribution in [0.4, 0.5) is 0 Å². The number of allylic oxidation sites excluding steroid dienone is 1. The molecule has 1 nitrogen and oxygen atoms in total. The zero-order valence-corrected chi connectivity index (χ0v) is 7.78. The van der Waals surface area contributed by atoms with Crippen molar-refractivity contribution in [1.82, 2.24) is 5.32 Å². The summed E-state index contributed by atoms with van der Waals surface area (Å²) in [5, 5.41) is 3.10. The topological polar surface area (TPSA) is 12.0 Å². The molecule has 0 saturated carbocycles. The fourth-order valence-electron chi connectivity index (χ4n) is 0.346. The molecular formula is C9H21N. The second-order valence-corrected chi connectivity index (χ2v) is 2.16. The normalized spacial score (nSPS) is 8.80. The molecular weight excluding hydrogens is 122 g/mol. The lowest BCUT2D eigenvalue weighted by Gasteiger charge is -1.91. The van der Waals surface area contributed by atoms with E-state index < -0.39 is 0 Å². The van der Waals surface area contributed by atoms with Gasteiger partial charge in [0, 0.05) is 6.54 Å². The van der Waals surface area contributed by atoms with Crippen molar-refractivity contribution in [3.8, 4) is 0 Å². The summed E-state index contributed by atoms with van der Waals surface area (Å²) < 4.78 is 0. The predicted molar refractivity (Wildman–Crippen MR) is 49.1 cm³/mol. The fourth-order valence-corrected chi connectivity index (χ4v) is 0.346. The van der Waals surface area contributed by atoms with Gasteiger partial charge in [0.1, 0.15) is 0 Å². The third-order valence-electron chi connectivity index (χ3n) is 0.679. The van der Waals surface area contributed by atoms with Gasteiger partial charge in [-0.25, -0.2) is 0 Å². The summed E-state index contributed by atoms with van der Waals surface area (Å²) >= 11 is 0. The first kappa shape index (κ1) is 12.2. The monoisotopic (exact) mass is 143 g/mol. The van der Waals surface area contributed by atoms with Crippen LogP contribution >= 0.6 is 0 Å². The van der Waals surface area contributed by atoms with Crippen LogP contribution in [0.5, 0.6) is 0 Å². The molecule has 0 aromatic carbocycles. The van der Waals surface area contributed by atoms with E-state index >= 15 is 0 Å².